The zero-order valence-corrected chi connectivity index (χ0v) is 13.6. The Morgan fingerprint density at radius 2 is 2.21 bits per heavy atom. The molecule has 0 unspecified atom stereocenters. The molecule has 0 bridgehead atoms. The van der Waals surface area contributed by atoms with Gasteiger partial charge in [-0.15, -0.1) is 11.3 Å². The fraction of sp³-hybridized carbons (Fsp3) is 0.214. The van der Waals surface area contributed by atoms with Gasteiger partial charge < -0.3 is 4.90 Å². The number of hydrogen-bond donors (Lipinski definition) is 0. The molecule has 0 aliphatic carbocycles. The summed E-state index contributed by atoms with van der Waals surface area (Å²) in [4.78, 5) is 15.3. The van der Waals surface area contributed by atoms with E-state index in [9.17, 15) is 4.79 Å². The van der Waals surface area contributed by atoms with E-state index in [2.05, 4.69) is 22.0 Å². The summed E-state index contributed by atoms with van der Waals surface area (Å²) in [7, 11) is 1.80. The summed E-state index contributed by atoms with van der Waals surface area (Å²) in [5.74, 6) is -0.0529. The minimum atomic E-state index is -0.0529. The molecule has 1 aromatic heterocycles. The summed E-state index contributed by atoms with van der Waals surface area (Å²) in [5.41, 5.74) is 0.532. The first-order valence-electron chi connectivity index (χ1n) is 5.81. The van der Waals surface area contributed by atoms with Crippen molar-refractivity contribution >= 4 is 44.8 Å². The summed E-state index contributed by atoms with van der Waals surface area (Å²) < 4.78 is 0.854. The van der Waals surface area contributed by atoms with Crippen LogP contribution < -0.4 is 0 Å². The molecule has 0 spiro atoms. The van der Waals surface area contributed by atoms with E-state index in [0.717, 1.165) is 10.9 Å². The Hall–Kier alpha value is -0.840. The first kappa shape index (κ1) is 14.6. The summed E-state index contributed by atoms with van der Waals surface area (Å²) >= 11 is 11.1. The molecule has 2 aromatic rings. The number of nitrogens with zero attached hydrogens (tertiary/aromatic N) is 1. The van der Waals surface area contributed by atoms with Gasteiger partial charge in [0.2, 0.25) is 0 Å². The molecule has 1 heterocycles. The molecule has 1 aromatic carbocycles. The zero-order valence-electron chi connectivity index (χ0n) is 10.4. The molecule has 2 rings (SSSR count). The van der Waals surface area contributed by atoms with E-state index in [1.807, 2.05) is 17.5 Å². The summed E-state index contributed by atoms with van der Waals surface area (Å²) in [5, 5.41) is 2.53. The number of halogens is 2. The Morgan fingerprint density at radius 1 is 1.42 bits per heavy atom. The van der Waals surface area contributed by atoms with Crippen LogP contribution in [-0.2, 0) is 6.42 Å². The van der Waals surface area contributed by atoms with Gasteiger partial charge in [0.05, 0.1) is 10.6 Å². The first-order valence-corrected chi connectivity index (χ1v) is 7.86. The molecule has 2 nitrogen and oxygen atoms in total. The van der Waals surface area contributed by atoms with Crippen molar-refractivity contribution in [3.05, 3.63) is 55.6 Å². The fourth-order valence-electron chi connectivity index (χ4n) is 1.70. The second-order valence-electron chi connectivity index (χ2n) is 4.18. The number of thiophene rings is 1. The highest BCUT2D eigenvalue weighted by molar-refractivity contribution is 9.10. The van der Waals surface area contributed by atoms with Crippen LogP contribution in [0.5, 0.6) is 0 Å². The van der Waals surface area contributed by atoms with E-state index in [1.165, 1.54) is 4.88 Å². The number of benzene rings is 1. The van der Waals surface area contributed by atoms with Gasteiger partial charge in [-0.1, -0.05) is 33.6 Å². The third kappa shape index (κ3) is 3.81. The van der Waals surface area contributed by atoms with Gasteiger partial charge in [0.25, 0.3) is 5.91 Å². The number of carbonyl (C=O) groups excluding carboxylic acids is 1. The maximum Gasteiger partial charge on any atom is 0.255 e. The van der Waals surface area contributed by atoms with Crippen molar-refractivity contribution in [2.24, 2.45) is 0 Å². The lowest BCUT2D eigenvalue weighted by Crippen LogP contribution is -2.28. The highest BCUT2D eigenvalue weighted by Gasteiger charge is 2.15. The van der Waals surface area contributed by atoms with E-state index in [0.29, 0.717) is 17.1 Å². The summed E-state index contributed by atoms with van der Waals surface area (Å²) in [6.45, 7) is 0.683. The molecule has 0 fully saturated rings. The fourth-order valence-corrected chi connectivity index (χ4v) is 2.96. The van der Waals surface area contributed by atoms with Gasteiger partial charge in [0.15, 0.2) is 0 Å². The van der Waals surface area contributed by atoms with Crippen molar-refractivity contribution in [3.63, 3.8) is 0 Å². The Bertz CT molecular complexity index is 571. The molecule has 0 saturated heterocycles. The quantitative estimate of drug-likeness (QED) is 0.789. The lowest BCUT2D eigenvalue weighted by atomic mass is 10.2. The maximum atomic E-state index is 12.3. The topological polar surface area (TPSA) is 20.3 Å². The number of amides is 1. The van der Waals surface area contributed by atoms with Crippen LogP contribution >= 0.6 is 38.9 Å². The van der Waals surface area contributed by atoms with Crippen molar-refractivity contribution in [2.45, 2.75) is 6.42 Å². The molecule has 0 radical (unpaired) electrons. The number of hydrogen-bond acceptors (Lipinski definition) is 2. The van der Waals surface area contributed by atoms with E-state index in [1.54, 1.807) is 35.4 Å². The van der Waals surface area contributed by atoms with Gasteiger partial charge in [-0.05, 0) is 36.1 Å². The molecule has 0 aliphatic rings. The van der Waals surface area contributed by atoms with E-state index < -0.39 is 0 Å². The molecule has 0 aliphatic heterocycles. The third-order valence-electron chi connectivity index (χ3n) is 2.78. The van der Waals surface area contributed by atoms with Crippen LogP contribution in [0.1, 0.15) is 15.2 Å². The molecule has 100 valence electrons. The number of rotatable bonds is 4. The molecular formula is C14H13BrClNOS. The van der Waals surface area contributed by atoms with Crippen LogP contribution in [0.2, 0.25) is 5.02 Å². The Morgan fingerprint density at radius 3 is 2.89 bits per heavy atom. The highest BCUT2D eigenvalue weighted by atomic mass is 79.9. The normalized spacial score (nSPS) is 10.5. The van der Waals surface area contributed by atoms with Gasteiger partial charge in [-0.3, -0.25) is 4.79 Å². The number of likely N-dealkylation sites (N-methyl/N-ethyl adjacent to an activating group) is 1. The minimum absolute atomic E-state index is 0.0529. The van der Waals surface area contributed by atoms with Crippen LogP contribution in [0.4, 0.5) is 0 Å². The Balaban J connectivity index is 2.04. The first-order chi connectivity index (χ1) is 9.08. The zero-order chi connectivity index (χ0) is 13.8. The van der Waals surface area contributed by atoms with Gasteiger partial charge in [-0.2, -0.15) is 0 Å². The number of carbonyl (C=O) groups is 1. The van der Waals surface area contributed by atoms with Gasteiger partial charge in [0, 0.05) is 22.9 Å². The predicted octanol–water partition coefficient (Wildman–Crippen LogP) is 4.48. The second kappa shape index (κ2) is 6.55. The highest BCUT2D eigenvalue weighted by Crippen LogP contribution is 2.22. The lowest BCUT2D eigenvalue weighted by Gasteiger charge is -2.17. The van der Waals surface area contributed by atoms with Crippen molar-refractivity contribution < 1.29 is 4.79 Å². The summed E-state index contributed by atoms with van der Waals surface area (Å²) in [6.07, 6.45) is 0.867. The van der Waals surface area contributed by atoms with Crippen LogP contribution in [0, 0.1) is 0 Å². The SMILES string of the molecule is CN(CCc1cccs1)C(=O)c1cc(Br)ccc1Cl. The minimum Gasteiger partial charge on any atom is -0.341 e. The molecule has 0 atom stereocenters. The lowest BCUT2D eigenvalue weighted by molar-refractivity contribution is 0.0797. The monoisotopic (exact) mass is 357 g/mol. The average Bonchev–Trinajstić information content (AvgIpc) is 2.91. The maximum absolute atomic E-state index is 12.3. The predicted molar refractivity (Wildman–Crippen MR) is 84.1 cm³/mol. The van der Waals surface area contributed by atoms with Crippen LogP contribution in [0.25, 0.3) is 0 Å². The average molecular weight is 359 g/mol. The summed E-state index contributed by atoms with van der Waals surface area (Å²) in [6, 6.07) is 9.41. The van der Waals surface area contributed by atoms with Crippen molar-refractivity contribution in [1.82, 2.24) is 4.90 Å². The second-order valence-corrected chi connectivity index (χ2v) is 6.54. The van der Waals surface area contributed by atoms with Crippen molar-refractivity contribution in [3.8, 4) is 0 Å². The van der Waals surface area contributed by atoms with Gasteiger partial charge >= 0.3 is 0 Å². The largest absolute Gasteiger partial charge is 0.341 e. The van der Waals surface area contributed by atoms with Crippen LogP contribution in [-0.4, -0.2) is 24.4 Å². The van der Waals surface area contributed by atoms with E-state index in [-0.39, 0.29) is 5.91 Å². The molecule has 1 amide bonds. The third-order valence-corrected chi connectivity index (χ3v) is 4.54. The van der Waals surface area contributed by atoms with Crippen molar-refractivity contribution in [1.29, 1.82) is 0 Å². The molecule has 19 heavy (non-hydrogen) atoms. The molecule has 0 saturated carbocycles. The van der Waals surface area contributed by atoms with E-state index in [4.69, 9.17) is 11.6 Å². The molecular weight excluding hydrogens is 346 g/mol. The van der Waals surface area contributed by atoms with Gasteiger partial charge in [-0.25, -0.2) is 0 Å². The Kier molecular flexibility index (Phi) is 5.02. The smallest absolute Gasteiger partial charge is 0.255 e. The van der Waals surface area contributed by atoms with E-state index >= 15 is 0 Å². The van der Waals surface area contributed by atoms with Gasteiger partial charge in [0.1, 0.15) is 0 Å². The Labute approximate surface area is 130 Å². The molecule has 0 N–H and O–H groups in total. The van der Waals surface area contributed by atoms with Crippen molar-refractivity contribution in [2.75, 3.05) is 13.6 Å². The van der Waals surface area contributed by atoms with Crippen LogP contribution in [0.15, 0.2) is 40.2 Å². The molecule has 5 heteroatoms. The van der Waals surface area contributed by atoms with Crippen LogP contribution in [0.3, 0.4) is 0 Å². The standard InChI is InChI=1S/C14H13BrClNOS/c1-17(7-6-11-3-2-8-19-11)14(18)12-9-10(15)4-5-13(12)16/h2-5,8-9H,6-7H2,1H3.